The van der Waals surface area contributed by atoms with Crippen molar-refractivity contribution < 1.29 is 4.79 Å². The molecule has 0 aliphatic carbocycles. The Kier molecular flexibility index (Phi) is 3.30. The van der Waals surface area contributed by atoms with E-state index in [1.165, 1.54) is 0 Å². The van der Waals surface area contributed by atoms with Crippen molar-refractivity contribution in [1.29, 1.82) is 0 Å². The summed E-state index contributed by atoms with van der Waals surface area (Å²) in [5.41, 5.74) is 7.40. The number of anilines is 2. The first-order valence-electron chi connectivity index (χ1n) is 5.07. The van der Waals surface area contributed by atoms with Crippen molar-refractivity contribution in [3.05, 3.63) is 59.1 Å². The third-order valence-electron chi connectivity index (χ3n) is 2.28. The Morgan fingerprint density at radius 1 is 1.06 bits per heavy atom. The second kappa shape index (κ2) is 4.89. The lowest BCUT2D eigenvalue weighted by atomic mass is 10.2. The topological polar surface area (TPSA) is 55.1 Å². The average molecular weight is 247 g/mol. The van der Waals surface area contributed by atoms with E-state index in [0.717, 1.165) is 11.4 Å². The third-order valence-corrected chi connectivity index (χ3v) is 2.53. The van der Waals surface area contributed by atoms with E-state index in [9.17, 15) is 4.79 Å². The molecule has 0 aliphatic rings. The third kappa shape index (κ3) is 2.98. The zero-order valence-electron chi connectivity index (χ0n) is 8.98. The van der Waals surface area contributed by atoms with Gasteiger partial charge >= 0.3 is 0 Å². The van der Waals surface area contributed by atoms with Gasteiger partial charge in [-0.25, -0.2) is 0 Å². The molecule has 4 heteroatoms. The van der Waals surface area contributed by atoms with E-state index in [-0.39, 0.29) is 0 Å². The number of nitrogens with one attached hydrogen (secondary N) is 1. The Balaban J connectivity index is 2.21. The highest BCUT2D eigenvalue weighted by atomic mass is 35.5. The van der Waals surface area contributed by atoms with Crippen molar-refractivity contribution in [3.63, 3.8) is 0 Å². The fourth-order valence-corrected chi connectivity index (χ4v) is 1.58. The number of halogens is 1. The Hall–Kier alpha value is -2.00. The molecule has 0 radical (unpaired) electrons. The van der Waals surface area contributed by atoms with Crippen LogP contribution in [0.25, 0.3) is 0 Å². The summed E-state index contributed by atoms with van der Waals surface area (Å²) in [4.78, 5) is 11.0. The van der Waals surface area contributed by atoms with Crippen molar-refractivity contribution in [2.24, 2.45) is 5.73 Å². The van der Waals surface area contributed by atoms with Crippen LogP contribution in [0.15, 0.2) is 48.5 Å². The second-order valence-corrected chi connectivity index (χ2v) is 4.01. The summed E-state index contributed by atoms with van der Waals surface area (Å²) in [5.74, 6) is -0.440. The second-order valence-electron chi connectivity index (χ2n) is 3.58. The van der Waals surface area contributed by atoms with Crippen LogP contribution in [0.3, 0.4) is 0 Å². The quantitative estimate of drug-likeness (QED) is 0.874. The number of carbonyl (C=O) groups excluding carboxylic acids is 1. The van der Waals surface area contributed by atoms with Crippen LogP contribution < -0.4 is 11.1 Å². The van der Waals surface area contributed by atoms with E-state index in [1.807, 2.05) is 18.2 Å². The smallest absolute Gasteiger partial charge is 0.248 e. The lowest BCUT2D eigenvalue weighted by Crippen LogP contribution is -2.10. The van der Waals surface area contributed by atoms with Gasteiger partial charge in [0.1, 0.15) is 0 Å². The minimum atomic E-state index is -0.440. The number of benzene rings is 2. The summed E-state index contributed by atoms with van der Waals surface area (Å²) in [6, 6.07) is 14.3. The van der Waals surface area contributed by atoms with Crippen molar-refractivity contribution in [1.82, 2.24) is 0 Å². The van der Waals surface area contributed by atoms with Crippen LogP contribution in [0.1, 0.15) is 10.4 Å². The van der Waals surface area contributed by atoms with Crippen LogP contribution in [-0.2, 0) is 0 Å². The number of primary amides is 1. The van der Waals surface area contributed by atoms with Gasteiger partial charge in [-0.1, -0.05) is 17.7 Å². The molecule has 0 atom stereocenters. The molecule has 0 saturated heterocycles. The molecular weight excluding hydrogens is 236 g/mol. The van der Waals surface area contributed by atoms with E-state index in [1.54, 1.807) is 30.3 Å². The number of hydrogen-bond donors (Lipinski definition) is 2. The van der Waals surface area contributed by atoms with Gasteiger partial charge in [0.15, 0.2) is 0 Å². The summed E-state index contributed by atoms with van der Waals surface area (Å²) in [6.07, 6.45) is 0. The Morgan fingerprint density at radius 3 is 2.41 bits per heavy atom. The molecule has 0 unspecified atom stereocenters. The molecule has 3 nitrogen and oxygen atoms in total. The lowest BCUT2D eigenvalue weighted by molar-refractivity contribution is 0.100. The van der Waals surface area contributed by atoms with Crippen LogP contribution >= 0.6 is 11.6 Å². The fourth-order valence-electron chi connectivity index (χ4n) is 1.45. The maximum Gasteiger partial charge on any atom is 0.248 e. The number of amides is 1. The van der Waals surface area contributed by atoms with Gasteiger partial charge in [0, 0.05) is 22.0 Å². The first-order chi connectivity index (χ1) is 8.15. The van der Waals surface area contributed by atoms with Gasteiger partial charge < -0.3 is 11.1 Å². The molecule has 1 amide bonds. The highest BCUT2D eigenvalue weighted by Crippen LogP contribution is 2.19. The van der Waals surface area contributed by atoms with Crippen molar-refractivity contribution in [2.45, 2.75) is 0 Å². The molecule has 2 aromatic carbocycles. The molecule has 0 aliphatic heterocycles. The molecule has 3 N–H and O–H groups in total. The maximum atomic E-state index is 11.0. The van der Waals surface area contributed by atoms with Crippen LogP contribution in [0.2, 0.25) is 5.02 Å². The van der Waals surface area contributed by atoms with E-state index >= 15 is 0 Å². The first-order valence-corrected chi connectivity index (χ1v) is 5.45. The highest BCUT2D eigenvalue weighted by molar-refractivity contribution is 6.30. The average Bonchev–Trinajstić information content (AvgIpc) is 2.32. The monoisotopic (exact) mass is 246 g/mol. The molecule has 2 aromatic rings. The number of nitrogens with two attached hydrogens (primary N) is 1. The van der Waals surface area contributed by atoms with Gasteiger partial charge in [-0.05, 0) is 42.5 Å². The lowest BCUT2D eigenvalue weighted by Gasteiger charge is -2.07. The standard InChI is InChI=1S/C13H11ClN2O/c14-10-4-6-11(7-5-10)16-12-3-1-2-9(8-12)13(15)17/h1-8,16H,(H2,15,17). The Morgan fingerprint density at radius 2 is 1.76 bits per heavy atom. The van der Waals surface area contributed by atoms with Crippen LogP contribution in [0.5, 0.6) is 0 Å². The zero-order chi connectivity index (χ0) is 12.3. The van der Waals surface area contributed by atoms with Gasteiger partial charge in [0.2, 0.25) is 5.91 Å². The first kappa shape index (κ1) is 11.5. The summed E-state index contributed by atoms with van der Waals surface area (Å²) in [6.45, 7) is 0. The molecule has 2 rings (SSSR count). The maximum absolute atomic E-state index is 11.0. The van der Waals surface area contributed by atoms with Crippen molar-refractivity contribution in [3.8, 4) is 0 Å². The van der Waals surface area contributed by atoms with E-state index in [0.29, 0.717) is 10.6 Å². The molecule has 0 heterocycles. The van der Waals surface area contributed by atoms with Crippen LogP contribution in [-0.4, -0.2) is 5.91 Å². The normalized spacial score (nSPS) is 9.94. The molecule has 0 bridgehead atoms. The van der Waals surface area contributed by atoms with Crippen molar-refractivity contribution in [2.75, 3.05) is 5.32 Å². The van der Waals surface area contributed by atoms with Gasteiger partial charge in [0.05, 0.1) is 0 Å². The molecular formula is C13H11ClN2O. The zero-order valence-corrected chi connectivity index (χ0v) is 9.74. The van der Waals surface area contributed by atoms with E-state index < -0.39 is 5.91 Å². The predicted octanol–water partition coefficient (Wildman–Crippen LogP) is 3.18. The molecule has 0 aromatic heterocycles. The molecule has 0 spiro atoms. The van der Waals surface area contributed by atoms with Gasteiger partial charge in [-0.3, -0.25) is 4.79 Å². The van der Waals surface area contributed by atoms with Crippen LogP contribution in [0.4, 0.5) is 11.4 Å². The van der Waals surface area contributed by atoms with Crippen LogP contribution in [0, 0.1) is 0 Å². The van der Waals surface area contributed by atoms with E-state index in [4.69, 9.17) is 17.3 Å². The minimum absolute atomic E-state index is 0.440. The summed E-state index contributed by atoms with van der Waals surface area (Å²) < 4.78 is 0. The Labute approximate surface area is 104 Å². The van der Waals surface area contributed by atoms with Gasteiger partial charge in [-0.2, -0.15) is 0 Å². The predicted molar refractivity (Wildman–Crippen MR) is 69.7 cm³/mol. The summed E-state index contributed by atoms with van der Waals surface area (Å²) in [5, 5.41) is 3.84. The highest BCUT2D eigenvalue weighted by Gasteiger charge is 2.01. The molecule has 0 fully saturated rings. The molecule has 0 saturated carbocycles. The van der Waals surface area contributed by atoms with Crippen molar-refractivity contribution >= 4 is 28.9 Å². The van der Waals surface area contributed by atoms with Gasteiger partial charge in [0.25, 0.3) is 0 Å². The molecule has 17 heavy (non-hydrogen) atoms. The number of hydrogen-bond acceptors (Lipinski definition) is 2. The SMILES string of the molecule is NC(=O)c1cccc(Nc2ccc(Cl)cc2)c1. The van der Waals surface area contributed by atoms with Gasteiger partial charge in [-0.15, -0.1) is 0 Å². The summed E-state index contributed by atoms with van der Waals surface area (Å²) >= 11 is 5.79. The number of carbonyl (C=O) groups is 1. The molecule has 86 valence electrons. The fraction of sp³-hybridized carbons (Fsp3) is 0. The minimum Gasteiger partial charge on any atom is -0.366 e. The van der Waals surface area contributed by atoms with E-state index in [2.05, 4.69) is 5.32 Å². The Bertz CT molecular complexity index is 537. The number of rotatable bonds is 3. The summed E-state index contributed by atoms with van der Waals surface area (Å²) in [7, 11) is 0. The largest absolute Gasteiger partial charge is 0.366 e.